The van der Waals surface area contributed by atoms with Gasteiger partial charge >= 0.3 is 23.5 Å². The number of aliphatic hydroxyl groups excluding tert-OH is 1. The lowest BCUT2D eigenvalue weighted by atomic mass is 9.88. The first-order chi connectivity index (χ1) is 16.8. The third kappa shape index (κ3) is 6.34. The number of imidazole rings is 1. The number of phosphoric ester groups is 1. The van der Waals surface area contributed by atoms with Crippen molar-refractivity contribution in [1.29, 1.82) is 0 Å². The summed E-state index contributed by atoms with van der Waals surface area (Å²) < 4.78 is 53.1. The van der Waals surface area contributed by atoms with Crippen molar-refractivity contribution < 1.29 is 61.4 Å². The molecule has 0 amide bonds. The second-order valence-corrected chi connectivity index (χ2v) is 12.3. The maximum Gasteiger partial charge on any atom is 0.490 e. The third-order valence-electron chi connectivity index (χ3n) is 4.99. The van der Waals surface area contributed by atoms with Crippen LogP contribution in [-0.4, -0.2) is 79.8 Å². The van der Waals surface area contributed by atoms with Crippen molar-refractivity contribution in [3.63, 3.8) is 0 Å². The van der Waals surface area contributed by atoms with Crippen LogP contribution >= 0.6 is 23.5 Å². The Morgan fingerprint density at radius 2 is 1.92 bits per heavy atom. The topological polar surface area (TPSA) is 322 Å². The molecule has 0 spiro atoms. The number of aryl methyl sites for hydroxylation is 1. The molecule has 2 aromatic heterocycles. The van der Waals surface area contributed by atoms with E-state index in [0.29, 0.717) is 0 Å². The molecule has 0 saturated carbocycles. The number of aromatic amines is 1. The fourth-order valence-electron chi connectivity index (χ4n) is 3.55. The number of fused-ring (bicyclic) bond motifs is 1. The number of ether oxygens (including phenoxy) is 1. The van der Waals surface area contributed by atoms with E-state index in [1.807, 2.05) is 0 Å². The smallest absolute Gasteiger partial charge is 0.387 e. The second kappa shape index (κ2) is 9.92. The van der Waals surface area contributed by atoms with Gasteiger partial charge in [0.1, 0.15) is 23.1 Å². The monoisotopic (exact) mass is 591 g/mol. The van der Waals surface area contributed by atoms with Crippen molar-refractivity contribution in [2.45, 2.75) is 37.4 Å². The minimum atomic E-state index is -5.86. The fourth-order valence-corrected chi connectivity index (χ4v) is 6.62. The van der Waals surface area contributed by atoms with Crippen LogP contribution < -0.4 is 5.56 Å². The molecule has 1 aliphatic heterocycles. The van der Waals surface area contributed by atoms with Crippen LogP contribution in [0.4, 0.5) is 0 Å². The molecule has 1 aliphatic rings. The molecule has 24 heteroatoms. The summed E-state index contributed by atoms with van der Waals surface area (Å²) in [6, 6.07) is 0. The van der Waals surface area contributed by atoms with Crippen LogP contribution in [0.15, 0.2) is 16.2 Å². The Bertz CT molecular complexity index is 1450. The van der Waals surface area contributed by atoms with Gasteiger partial charge in [-0.15, -0.1) is 0 Å². The number of aliphatic hydroxyl groups is 2. The molecule has 21 nitrogen and oxygen atoms in total. The number of hydrogen-bond acceptors (Lipinski definition) is 13. The predicted octanol–water partition coefficient (Wildman–Crippen LogP) is -0.539. The second-order valence-electron chi connectivity index (χ2n) is 7.89. The van der Waals surface area contributed by atoms with Gasteiger partial charge < -0.3 is 39.5 Å². The molecule has 3 heterocycles. The van der Waals surface area contributed by atoms with Crippen molar-refractivity contribution in [1.82, 2.24) is 19.5 Å². The van der Waals surface area contributed by atoms with Crippen molar-refractivity contribution in [2.24, 2.45) is 5.11 Å². The van der Waals surface area contributed by atoms with Crippen LogP contribution in [0.5, 0.6) is 0 Å². The normalized spacial score (nSPS) is 29.5. The molecule has 37 heavy (non-hydrogen) atoms. The summed E-state index contributed by atoms with van der Waals surface area (Å²) in [4.78, 5) is 61.4. The minimum Gasteiger partial charge on any atom is -0.387 e. The van der Waals surface area contributed by atoms with E-state index in [1.54, 1.807) is 0 Å². The number of aromatic nitrogens is 4. The quantitative estimate of drug-likeness (QED) is 0.0789. The van der Waals surface area contributed by atoms with Crippen LogP contribution in [0.2, 0.25) is 0 Å². The molecule has 2 unspecified atom stereocenters. The van der Waals surface area contributed by atoms with Crippen LogP contribution in [0.1, 0.15) is 19.0 Å². The van der Waals surface area contributed by atoms with Gasteiger partial charge in [0, 0.05) is 4.91 Å². The number of hydrogen-bond donors (Lipinski definition) is 7. The Hall–Kier alpha value is -2.05. The molecule has 1 saturated heterocycles. The van der Waals surface area contributed by atoms with Crippen molar-refractivity contribution in [3.8, 4) is 0 Å². The molecule has 206 valence electrons. The van der Waals surface area contributed by atoms with Crippen molar-refractivity contribution in [2.75, 3.05) is 13.2 Å². The summed E-state index contributed by atoms with van der Waals surface area (Å²) in [6.07, 6.45) is -2.65. The maximum absolute atomic E-state index is 12.2. The van der Waals surface area contributed by atoms with Crippen LogP contribution in [0.25, 0.3) is 21.6 Å². The summed E-state index contributed by atoms with van der Waals surface area (Å²) in [6.45, 7) is 0.405. The summed E-state index contributed by atoms with van der Waals surface area (Å²) in [7, 11) is -17.2. The zero-order valence-corrected chi connectivity index (χ0v) is 21.3. The first-order valence-electron chi connectivity index (χ1n) is 9.63. The van der Waals surface area contributed by atoms with E-state index < -0.39 is 65.7 Å². The molecule has 0 bridgehead atoms. The van der Waals surface area contributed by atoms with Gasteiger partial charge in [0.15, 0.2) is 17.4 Å². The molecule has 1 fully saturated rings. The number of azide groups is 1. The largest absolute Gasteiger partial charge is 0.490 e. The summed E-state index contributed by atoms with van der Waals surface area (Å²) in [5, 5.41) is 25.2. The molecular formula is C13H20N7O14P3. The standard InChI is InChI=1S/C13H20N7O14P3/c1-6-17-8-7(9(21)18-6)15-5-20(8)11-12(2,23)10(22)13(32-11,3-16-19-14)4-31-36(27,28)34-37(29,30)33-35(24,25)26/h5,10-11,22-23H,3-4H2,1-2H3,(H,27,28)(H,29,30)(H,17,18,21)(H2,24,25,26)/t10-,11+,12+,13+/m0/s1. The van der Waals surface area contributed by atoms with Crippen molar-refractivity contribution >= 4 is 34.6 Å². The van der Waals surface area contributed by atoms with E-state index in [2.05, 4.69) is 38.1 Å². The highest BCUT2D eigenvalue weighted by atomic mass is 31.3. The number of phosphoric acid groups is 3. The highest BCUT2D eigenvalue weighted by Crippen LogP contribution is 2.66. The molecule has 2 aromatic rings. The van der Waals surface area contributed by atoms with E-state index in [-0.39, 0.29) is 17.0 Å². The Kier molecular flexibility index (Phi) is 7.91. The van der Waals surface area contributed by atoms with Gasteiger partial charge in [0.2, 0.25) is 0 Å². The first-order valence-corrected chi connectivity index (χ1v) is 14.2. The predicted molar refractivity (Wildman–Crippen MR) is 116 cm³/mol. The van der Waals surface area contributed by atoms with Gasteiger partial charge in [-0.1, -0.05) is 5.11 Å². The number of H-pyrrole nitrogens is 1. The van der Waals surface area contributed by atoms with Gasteiger partial charge in [0.05, 0.1) is 19.5 Å². The molecule has 0 aliphatic carbocycles. The van der Waals surface area contributed by atoms with Gasteiger partial charge in [-0.25, -0.2) is 23.7 Å². The summed E-state index contributed by atoms with van der Waals surface area (Å²) in [5.41, 5.74) is 3.24. The average Bonchev–Trinajstić information content (AvgIpc) is 3.21. The van der Waals surface area contributed by atoms with Gasteiger partial charge in [-0.3, -0.25) is 13.9 Å². The SMILES string of the molecule is Cc1nc2c(ncn2[C@@H]2O[C@](CN=[N+]=[N-])(COP(=O)(O)OP(=O)(O)OP(=O)(O)O)[C@@H](O)[C@@]2(C)O)c(=O)[nH]1. The van der Waals surface area contributed by atoms with E-state index in [9.17, 15) is 38.5 Å². The highest BCUT2D eigenvalue weighted by Gasteiger charge is 2.62. The average molecular weight is 591 g/mol. The number of rotatable bonds is 10. The van der Waals surface area contributed by atoms with E-state index in [1.165, 1.54) is 6.92 Å². The lowest BCUT2D eigenvalue weighted by Gasteiger charge is -2.32. The van der Waals surface area contributed by atoms with Crippen LogP contribution in [0.3, 0.4) is 0 Å². The van der Waals surface area contributed by atoms with Gasteiger partial charge in [-0.2, -0.15) is 8.62 Å². The maximum atomic E-state index is 12.2. The first kappa shape index (κ1) is 29.5. The molecule has 0 aromatic carbocycles. The fraction of sp³-hybridized carbons (Fsp3) is 0.615. The third-order valence-corrected chi connectivity index (χ3v) is 8.77. The van der Waals surface area contributed by atoms with Gasteiger partial charge in [-0.05, 0) is 19.4 Å². The lowest BCUT2D eigenvalue weighted by Crippen LogP contribution is -2.53. The number of nitrogens with one attached hydrogen (secondary N) is 1. The highest BCUT2D eigenvalue weighted by molar-refractivity contribution is 7.66. The van der Waals surface area contributed by atoms with E-state index >= 15 is 0 Å². The molecule has 0 radical (unpaired) electrons. The molecular weight excluding hydrogens is 571 g/mol. The Labute approximate surface area is 204 Å². The summed E-state index contributed by atoms with van der Waals surface area (Å²) in [5.74, 6) is 0.158. The zero-order valence-electron chi connectivity index (χ0n) is 18.6. The van der Waals surface area contributed by atoms with Crippen LogP contribution in [0, 0.1) is 6.92 Å². The Morgan fingerprint density at radius 3 is 2.51 bits per heavy atom. The molecule has 6 atom stereocenters. The van der Waals surface area contributed by atoms with E-state index in [0.717, 1.165) is 17.8 Å². The lowest BCUT2D eigenvalue weighted by molar-refractivity contribution is -0.122. The Balaban J connectivity index is 1.96. The molecule has 3 rings (SSSR count). The summed E-state index contributed by atoms with van der Waals surface area (Å²) >= 11 is 0. The zero-order chi connectivity index (χ0) is 28.0. The van der Waals surface area contributed by atoms with Gasteiger partial charge in [0.25, 0.3) is 5.56 Å². The molecule has 7 N–H and O–H groups in total. The number of nitrogens with zero attached hydrogens (tertiary/aromatic N) is 6. The van der Waals surface area contributed by atoms with Crippen molar-refractivity contribution in [3.05, 3.63) is 32.9 Å². The Morgan fingerprint density at radius 1 is 1.27 bits per heavy atom. The van der Waals surface area contributed by atoms with Crippen LogP contribution in [-0.2, 0) is 31.6 Å². The van der Waals surface area contributed by atoms with E-state index in [4.69, 9.17) is 20.1 Å². The minimum absolute atomic E-state index is 0.0915.